The van der Waals surface area contributed by atoms with E-state index in [9.17, 15) is 9.59 Å². The lowest BCUT2D eigenvalue weighted by atomic mass is 9.71. The minimum Gasteiger partial charge on any atom is -0.345 e. The van der Waals surface area contributed by atoms with Gasteiger partial charge in [-0.05, 0) is 49.5 Å². The standard InChI is InChI=1S/C20H30N2O2/c1-14(15-8-6-5-7-9-15)21-18(23)19(24)22-17-12-10-16(11-13-17)20(2,3)4/h5-9,14,16-17H,10-13H2,1-4H3,(H,21,23)(H,22,24)/t14-,16?,17?/m0/s1. The second-order valence-corrected chi connectivity index (χ2v) is 7.99. The molecule has 1 aromatic carbocycles. The van der Waals surface area contributed by atoms with Crippen LogP contribution >= 0.6 is 0 Å². The Bertz CT molecular complexity index is 555. The van der Waals surface area contributed by atoms with Crippen LogP contribution in [0.5, 0.6) is 0 Å². The highest BCUT2D eigenvalue weighted by atomic mass is 16.2. The predicted molar refractivity (Wildman–Crippen MR) is 96.3 cm³/mol. The van der Waals surface area contributed by atoms with E-state index < -0.39 is 11.8 Å². The van der Waals surface area contributed by atoms with Crippen molar-refractivity contribution in [3.63, 3.8) is 0 Å². The lowest BCUT2D eigenvalue weighted by Gasteiger charge is -2.37. The van der Waals surface area contributed by atoms with Gasteiger partial charge in [0.05, 0.1) is 6.04 Å². The van der Waals surface area contributed by atoms with E-state index in [2.05, 4.69) is 31.4 Å². The van der Waals surface area contributed by atoms with Crippen molar-refractivity contribution in [3.05, 3.63) is 35.9 Å². The number of nitrogens with one attached hydrogen (secondary N) is 2. The summed E-state index contributed by atoms with van der Waals surface area (Å²) < 4.78 is 0. The van der Waals surface area contributed by atoms with Crippen LogP contribution in [0.25, 0.3) is 0 Å². The van der Waals surface area contributed by atoms with Crippen LogP contribution in [-0.2, 0) is 9.59 Å². The van der Waals surface area contributed by atoms with Gasteiger partial charge in [-0.25, -0.2) is 0 Å². The molecular formula is C20H30N2O2. The molecular weight excluding hydrogens is 300 g/mol. The Morgan fingerprint density at radius 2 is 1.58 bits per heavy atom. The number of hydrogen-bond acceptors (Lipinski definition) is 2. The van der Waals surface area contributed by atoms with Crippen molar-refractivity contribution in [2.45, 2.75) is 65.5 Å². The van der Waals surface area contributed by atoms with Crippen LogP contribution < -0.4 is 10.6 Å². The first-order valence-corrected chi connectivity index (χ1v) is 8.93. The number of amides is 2. The van der Waals surface area contributed by atoms with Gasteiger partial charge in [-0.2, -0.15) is 0 Å². The van der Waals surface area contributed by atoms with Crippen molar-refractivity contribution in [2.24, 2.45) is 11.3 Å². The van der Waals surface area contributed by atoms with Gasteiger partial charge in [-0.3, -0.25) is 9.59 Å². The van der Waals surface area contributed by atoms with E-state index in [1.54, 1.807) is 0 Å². The lowest BCUT2D eigenvalue weighted by molar-refractivity contribution is -0.140. The van der Waals surface area contributed by atoms with E-state index in [1.165, 1.54) is 0 Å². The number of carbonyl (C=O) groups excluding carboxylic acids is 2. The molecule has 2 N–H and O–H groups in total. The first-order chi connectivity index (χ1) is 11.3. The Kier molecular flexibility index (Phi) is 6.03. The molecule has 0 aromatic heterocycles. The Morgan fingerprint density at radius 1 is 1.00 bits per heavy atom. The summed E-state index contributed by atoms with van der Waals surface area (Å²) in [7, 11) is 0. The zero-order valence-electron chi connectivity index (χ0n) is 15.3. The van der Waals surface area contributed by atoms with Gasteiger partial charge in [0.2, 0.25) is 0 Å². The molecule has 1 saturated carbocycles. The fourth-order valence-electron chi connectivity index (χ4n) is 3.44. The second-order valence-electron chi connectivity index (χ2n) is 7.99. The van der Waals surface area contributed by atoms with Crippen LogP contribution in [0.3, 0.4) is 0 Å². The summed E-state index contributed by atoms with van der Waals surface area (Å²) in [5.74, 6) is -0.376. The molecule has 1 aliphatic carbocycles. The van der Waals surface area contributed by atoms with E-state index in [1.807, 2.05) is 37.3 Å². The molecule has 1 atom stereocenters. The van der Waals surface area contributed by atoms with Crippen LogP contribution in [0, 0.1) is 11.3 Å². The van der Waals surface area contributed by atoms with Gasteiger partial charge < -0.3 is 10.6 Å². The molecule has 0 spiro atoms. The van der Waals surface area contributed by atoms with Gasteiger partial charge in [0.1, 0.15) is 0 Å². The SMILES string of the molecule is C[C@H](NC(=O)C(=O)NC1CCC(C(C)(C)C)CC1)c1ccccc1. The van der Waals surface area contributed by atoms with E-state index in [-0.39, 0.29) is 12.1 Å². The highest BCUT2D eigenvalue weighted by molar-refractivity contribution is 6.35. The molecule has 2 rings (SSSR count). The van der Waals surface area contributed by atoms with E-state index in [0.29, 0.717) is 11.3 Å². The number of rotatable bonds is 3. The van der Waals surface area contributed by atoms with Gasteiger partial charge in [0, 0.05) is 6.04 Å². The topological polar surface area (TPSA) is 58.2 Å². The molecule has 2 amide bonds. The molecule has 1 fully saturated rings. The molecule has 1 aliphatic rings. The molecule has 132 valence electrons. The molecule has 24 heavy (non-hydrogen) atoms. The second kappa shape index (κ2) is 7.82. The first kappa shape index (κ1) is 18.5. The molecule has 0 bridgehead atoms. The summed E-state index contributed by atoms with van der Waals surface area (Å²) in [5, 5.41) is 5.66. The van der Waals surface area contributed by atoms with Crippen LogP contribution in [0.15, 0.2) is 30.3 Å². The zero-order valence-corrected chi connectivity index (χ0v) is 15.3. The van der Waals surface area contributed by atoms with Gasteiger partial charge in [-0.15, -0.1) is 0 Å². The van der Waals surface area contributed by atoms with E-state index in [4.69, 9.17) is 0 Å². The van der Waals surface area contributed by atoms with Crippen molar-refractivity contribution in [1.29, 1.82) is 0 Å². The number of carbonyl (C=O) groups is 2. The lowest BCUT2D eigenvalue weighted by Crippen LogP contribution is -2.46. The van der Waals surface area contributed by atoms with Gasteiger partial charge in [0.25, 0.3) is 0 Å². The smallest absolute Gasteiger partial charge is 0.309 e. The van der Waals surface area contributed by atoms with Crippen molar-refractivity contribution < 1.29 is 9.59 Å². The normalized spacial score (nSPS) is 22.5. The maximum atomic E-state index is 12.1. The summed E-state index contributed by atoms with van der Waals surface area (Å²) in [5.41, 5.74) is 1.31. The Balaban J connectivity index is 1.79. The van der Waals surface area contributed by atoms with Crippen molar-refractivity contribution in [1.82, 2.24) is 10.6 Å². The summed E-state index contributed by atoms with van der Waals surface area (Å²) >= 11 is 0. The number of benzene rings is 1. The van der Waals surface area contributed by atoms with Crippen molar-refractivity contribution in [3.8, 4) is 0 Å². The minimum absolute atomic E-state index is 0.119. The van der Waals surface area contributed by atoms with E-state index >= 15 is 0 Å². The minimum atomic E-state index is -0.552. The fourth-order valence-corrected chi connectivity index (χ4v) is 3.44. The van der Waals surface area contributed by atoms with Gasteiger partial charge in [0.15, 0.2) is 0 Å². The van der Waals surface area contributed by atoms with Crippen LogP contribution in [0.1, 0.15) is 65.0 Å². The largest absolute Gasteiger partial charge is 0.345 e. The molecule has 0 unspecified atom stereocenters. The number of hydrogen-bond donors (Lipinski definition) is 2. The quantitative estimate of drug-likeness (QED) is 0.832. The third-order valence-electron chi connectivity index (χ3n) is 5.14. The molecule has 0 aliphatic heterocycles. The predicted octanol–water partition coefficient (Wildman–Crippen LogP) is 3.58. The third kappa shape index (κ3) is 5.08. The zero-order chi connectivity index (χ0) is 17.7. The van der Waals surface area contributed by atoms with Crippen LogP contribution in [0.4, 0.5) is 0 Å². The van der Waals surface area contributed by atoms with E-state index in [0.717, 1.165) is 31.2 Å². The fraction of sp³-hybridized carbons (Fsp3) is 0.600. The highest BCUT2D eigenvalue weighted by Gasteiger charge is 2.31. The molecule has 1 aromatic rings. The maximum Gasteiger partial charge on any atom is 0.309 e. The first-order valence-electron chi connectivity index (χ1n) is 8.93. The molecule has 0 radical (unpaired) electrons. The Hall–Kier alpha value is -1.84. The average molecular weight is 330 g/mol. The van der Waals surface area contributed by atoms with Crippen LogP contribution in [-0.4, -0.2) is 17.9 Å². The maximum absolute atomic E-state index is 12.1. The molecule has 0 heterocycles. The summed E-state index contributed by atoms with van der Waals surface area (Å²) in [4.78, 5) is 24.2. The summed E-state index contributed by atoms with van der Waals surface area (Å²) in [6.07, 6.45) is 4.12. The molecule has 4 nitrogen and oxygen atoms in total. The van der Waals surface area contributed by atoms with Gasteiger partial charge in [-0.1, -0.05) is 51.1 Å². The molecule has 4 heteroatoms. The monoisotopic (exact) mass is 330 g/mol. The van der Waals surface area contributed by atoms with Crippen molar-refractivity contribution in [2.75, 3.05) is 0 Å². The summed E-state index contributed by atoms with van der Waals surface area (Å²) in [6, 6.07) is 9.60. The highest BCUT2D eigenvalue weighted by Crippen LogP contribution is 2.37. The van der Waals surface area contributed by atoms with Crippen LogP contribution in [0.2, 0.25) is 0 Å². The Morgan fingerprint density at radius 3 is 2.12 bits per heavy atom. The molecule has 0 saturated heterocycles. The third-order valence-corrected chi connectivity index (χ3v) is 5.14. The van der Waals surface area contributed by atoms with Gasteiger partial charge >= 0.3 is 11.8 Å². The summed E-state index contributed by atoms with van der Waals surface area (Å²) in [6.45, 7) is 8.70. The van der Waals surface area contributed by atoms with Crippen molar-refractivity contribution >= 4 is 11.8 Å². The Labute approximate surface area is 145 Å². The average Bonchev–Trinajstić information content (AvgIpc) is 2.55.